The number of hydrogen-bond donors (Lipinski definition) is 2. The number of nitro benzene ring substituents is 1. The molecule has 0 unspecified atom stereocenters. The predicted octanol–water partition coefficient (Wildman–Crippen LogP) is 1.08. The summed E-state index contributed by atoms with van der Waals surface area (Å²) >= 11 is 0. The van der Waals surface area contributed by atoms with E-state index in [1.807, 2.05) is 12.3 Å². The van der Waals surface area contributed by atoms with E-state index in [4.69, 9.17) is 5.84 Å². The number of rotatable bonds is 3. The second-order valence-electron chi connectivity index (χ2n) is 5.08. The lowest BCUT2D eigenvalue weighted by Crippen LogP contribution is -2.34. The first-order valence-corrected chi connectivity index (χ1v) is 7.09. The van der Waals surface area contributed by atoms with Crippen LogP contribution in [0.4, 0.5) is 5.69 Å². The van der Waals surface area contributed by atoms with Crippen molar-refractivity contribution in [3.05, 3.63) is 56.5 Å². The number of carbonyl (C=O) groups is 1. The third-order valence-corrected chi connectivity index (χ3v) is 3.82. The molecule has 0 fully saturated rings. The van der Waals surface area contributed by atoms with E-state index in [0.717, 1.165) is 0 Å². The highest BCUT2D eigenvalue weighted by Crippen LogP contribution is 2.30. The van der Waals surface area contributed by atoms with Gasteiger partial charge in [-0.05, 0) is 19.1 Å². The molecule has 24 heavy (non-hydrogen) atoms. The molecule has 3 aromatic rings. The minimum atomic E-state index is -0.757. The Morgan fingerprint density at radius 1 is 1.46 bits per heavy atom. The van der Waals surface area contributed by atoms with Crippen molar-refractivity contribution < 1.29 is 9.72 Å². The highest BCUT2D eigenvalue weighted by atomic mass is 16.6. The van der Waals surface area contributed by atoms with Gasteiger partial charge >= 0.3 is 0 Å². The van der Waals surface area contributed by atoms with Crippen LogP contribution >= 0.6 is 0 Å². The first-order valence-electron chi connectivity index (χ1n) is 7.09. The largest absolute Gasteiger partial charge is 0.345 e. The van der Waals surface area contributed by atoms with Gasteiger partial charge in [0.1, 0.15) is 11.1 Å². The van der Waals surface area contributed by atoms with Crippen LogP contribution in [0.5, 0.6) is 0 Å². The Kier molecular flexibility index (Phi) is 3.70. The van der Waals surface area contributed by atoms with Crippen LogP contribution in [0.3, 0.4) is 0 Å². The molecule has 9 nitrogen and oxygen atoms in total. The van der Waals surface area contributed by atoms with Gasteiger partial charge in [0.05, 0.1) is 21.2 Å². The maximum atomic E-state index is 12.6. The summed E-state index contributed by atoms with van der Waals surface area (Å²) in [6, 6.07) is 4.35. The molecule has 0 spiro atoms. The van der Waals surface area contributed by atoms with Crippen molar-refractivity contribution >= 4 is 33.4 Å². The highest BCUT2D eigenvalue weighted by Gasteiger charge is 2.22. The lowest BCUT2D eigenvalue weighted by atomic mass is 10.1. The van der Waals surface area contributed by atoms with Crippen LogP contribution in [-0.4, -0.2) is 20.4 Å². The highest BCUT2D eigenvalue weighted by molar-refractivity contribution is 6.09. The van der Waals surface area contributed by atoms with Gasteiger partial charge in [-0.2, -0.15) is 0 Å². The van der Waals surface area contributed by atoms with Crippen molar-refractivity contribution in [1.82, 2.24) is 15.0 Å². The SMILES string of the molecule is CCn1cc(C(=O)NN)c(=O)c2cc([N+](=O)[O-])c3cccnc3c21. The van der Waals surface area contributed by atoms with Crippen LogP contribution in [0, 0.1) is 10.1 Å². The van der Waals surface area contributed by atoms with Crippen molar-refractivity contribution in [1.29, 1.82) is 0 Å². The number of fused-ring (bicyclic) bond motifs is 3. The lowest BCUT2D eigenvalue weighted by Gasteiger charge is -2.13. The molecule has 0 saturated carbocycles. The summed E-state index contributed by atoms with van der Waals surface area (Å²) in [5, 5.41) is 11.7. The van der Waals surface area contributed by atoms with E-state index in [-0.39, 0.29) is 16.6 Å². The third-order valence-electron chi connectivity index (χ3n) is 3.82. The average Bonchev–Trinajstić information content (AvgIpc) is 2.60. The quantitative estimate of drug-likeness (QED) is 0.243. The fourth-order valence-electron chi connectivity index (χ4n) is 2.74. The Labute approximate surface area is 134 Å². The number of carbonyl (C=O) groups excluding carboxylic acids is 1. The van der Waals surface area contributed by atoms with Gasteiger partial charge in [-0.25, -0.2) is 5.84 Å². The van der Waals surface area contributed by atoms with E-state index in [1.54, 1.807) is 16.7 Å². The Morgan fingerprint density at radius 3 is 2.83 bits per heavy atom. The zero-order chi connectivity index (χ0) is 17.4. The number of nitrogens with one attached hydrogen (secondary N) is 1. The van der Waals surface area contributed by atoms with Gasteiger partial charge < -0.3 is 4.57 Å². The maximum absolute atomic E-state index is 12.6. The van der Waals surface area contributed by atoms with E-state index < -0.39 is 16.3 Å². The second kappa shape index (κ2) is 5.70. The van der Waals surface area contributed by atoms with Gasteiger partial charge in [-0.15, -0.1) is 0 Å². The molecule has 122 valence electrons. The molecule has 3 N–H and O–H groups in total. The minimum Gasteiger partial charge on any atom is -0.345 e. The second-order valence-corrected chi connectivity index (χ2v) is 5.08. The Balaban J connectivity index is 2.61. The Morgan fingerprint density at radius 2 is 2.21 bits per heavy atom. The van der Waals surface area contributed by atoms with Crippen molar-refractivity contribution in [2.24, 2.45) is 5.84 Å². The van der Waals surface area contributed by atoms with Gasteiger partial charge in [-0.3, -0.25) is 30.1 Å². The van der Waals surface area contributed by atoms with Gasteiger partial charge in [-0.1, -0.05) is 0 Å². The Hall–Kier alpha value is -3.33. The zero-order valence-corrected chi connectivity index (χ0v) is 12.6. The summed E-state index contributed by atoms with van der Waals surface area (Å²) in [7, 11) is 0. The summed E-state index contributed by atoms with van der Waals surface area (Å²) in [6.07, 6.45) is 2.88. The number of nitrogen functional groups attached to an aromatic ring is 1. The molecule has 0 aliphatic rings. The van der Waals surface area contributed by atoms with Gasteiger partial charge in [0, 0.05) is 25.0 Å². The van der Waals surface area contributed by atoms with Gasteiger partial charge in [0.15, 0.2) is 0 Å². The molecular formula is C15H13N5O4. The van der Waals surface area contributed by atoms with Crippen molar-refractivity contribution in [3.63, 3.8) is 0 Å². The number of aryl methyl sites for hydroxylation is 1. The summed E-state index contributed by atoms with van der Waals surface area (Å²) in [4.78, 5) is 39.5. The molecule has 0 radical (unpaired) electrons. The summed E-state index contributed by atoms with van der Waals surface area (Å²) in [5.74, 6) is 4.35. The number of pyridine rings is 2. The van der Waals surface area contributed by atoms with Crippen LogP contribution < -0.4 is 16.7 Å². The summed E-state index contributed by atoms with van der Waals surface area (Å²) < 4.78 is 1.65. The van der Waals surface area contributed by atoms with Crippen molar-refractivity contribution in [3.8, 4) is 0 Å². The molecular weight excluding hydrogens is 314 g/mol. The number of hydrogen-bond acceptors (Lipinski definition) is 6. The van der Waals surface area contributed by atoms with E-state index in [2.05, 4.69) is 4.98 Å². The first kappa shape index (κ1) is 15.6. The molecule has 0 atom stereocenters. The number of non-ortho nitro benzene ring substituents is 1. The Bertz CT molecular complexity index is 1060. The van der Waals surface area contributed by atoms with E-state index in [1.165, 1.54) is 18.5 Å². The summed E-state index contributed by atoms with van der Waals surface area (Å²) in [5.41, 5.74) is 1.63. The first-order chi connectivity index (χ1) is 11.5. The maximum Gasteiger partial charge on any atom is 0.279 e. The molecule has 2 aromatic heterocycles. The van der Waals surface area contributed by atoms with Crippen LogP contribution in [0.25, 0.3) is 21.8 Å². The van der Waals surface area contributed by atoms with E-state index >= 15 is 0 Å². The van der Waals surface area contributed by atoms with E-state index in [9.17, 15) is 19.7 Å². The number of aromatic nitrogens is 2. The average molecular weight is 327 g/mol. The molecule has 0 aliphatic heterocycles. The molecule has 0 bridgehead atoms. The normalized spacial score (nSPS) is 10.9. The van der Waals surface area contributed by atoms with Crippen LogP contribution in [0.2, 0.25) is 0 Å². The van der Waals surface area contributed by atoms with Gasteiger partial charge in [0.2, 0.25) is 5.43 Å². The number of nitro groups is 1. The molecule has 1 aromatic carbocycles. The van der Waals surface area contributed by atoms with Crippen LogP contribution in [0.1, 0.15) is 17.3 Å². The third kappa shape index (κ3) is 2.18. The topological polar surface area (TPSA) is 133 Å². The van der Waals surface area contributed by atoms with Crippen molar-refractivity contribution in [2.75, 3.05) is 0 Å². The predicted molar refractivity (Wildman–Crippen MR) is 87.5 cm³/mol. The molecule has 9 heteroatoms. The smallest absolute Gasteiger partial charge is 0.279 e. The fraction of sp³-hybridized carbons (Fsp3) is 0.133. The van der Waals surface area contributed by atoms with Crippen LogP contribution in [0.15, 0.2) is 35.4 Å². The van der Waals surface area contributed by atoms with Crippen molar-refractivity contribution in [2.45, 2.75) is 13.5 Å². The van der Waals surface area contributed by atoms with Gasteiger partial charge in [0.25, 0.3) is 11.6 Å². The van der Waals surface area contributed by atoms with Crippen LogP contribution in [-0.2, 0) is 6.54 Å². The lowest BCUT2D eigenvalue weighted by molar-refractivity contribution is -0.382. The molecule has 2 heterocycles. The molecule has 1 amide bonds. The standard InChI is InChI=1S/C15H13N5O4/c1-2-19-7-10(15(22)18-16)14(21)9-6-11(20(23)24)8-4-3-5-17-12(8)13(9)19/h3-7H,2,16H2,1H3,(H,18,22). The number of benzene rings is 1. The molecule has 3 rings (SSSR count). The fourth-order valence-corrected chi connectivity index (χ4v) is 2.74. The van der Waals surface area contributed by atoms with E-state index in [0.29, 0.717) is 23.0 Å². The number of amides is 1. The molecule has 0 aliphatic carbocycles. The number of nitrogens with two attached hydrogens (primary N) is 1. The minimum absolute atomic E-state index is 0.0517. The monoisotopic (exact) mass is 327 g/mol. The summed E-state index contributed by atoms with van der Waals surface area (Å²) in [6.45, 7) is 2.26. The number of nitrogens with zero attached hydrogens (tertiary/aromatic N) is 3. The zero-order valence-electron chi connectivity index (χ0n) is 12.6. The number of hydrazine groups is 1. The molecule has 0 saturated heterocycles.